The summed E-state index contributed by atoms with van der Waals surface area (Å²) in [7, 11) is 0. The van der Waals surface area contributed by atoms with Gasteiger partial charge >= 0.3 is 0 Å². The fourth-order valence-electron chi connectivity index (χ4n) is 5.19. The highest BCUT2D eigenvalue weighted by Crippen LogP contribution is 2.31. The second kappa shape index (κ2) is 7.62. The van der Waals surface area contributed by atoms with Gasteiger partial charge in [-0.15, -0.1) is 0 Å². The molecule has 0 aromatic heterocycles. The smallest absolute Gasteiger partial charge is 0.245 e. The second-order valence-electron chi connectivity index (χ2n) is 8.18. The molecule has 2 atom stereocenters. The SMILES string of the molecule is O=C(C1CCCN1C(=O)C1CCCC1)N1CCC(N2CCNCC2)C1. The first-order valence-corrected chi connectivity index (χ1v) is 10.3. The van der Waals surface area contributed by atoms with E-state index in [2.05, 4.69) is 10.2 Å². The van der Waals surface area contributed by atoms with Gasteiger partial charge in [-0.2, -0.15) is 0 Å². The lowest BCUT2D eigenvalue weighted by molar-refractivity contribution is -0.145. The van der Waals surface area contributed by atoms with Crippen LogP contribution in [0.2, 0.25) is 0 Å². The number of likely N-dealkylation sites (tertiary alicyclic amines) is 2. The van der Waals surface area contributed by atoms with Crippen molar-refractivity contribution in [2.24, 2.45) is 5.92 Å². The number of piperazine rings is 1. The summed E-state index contributed by atoms with van der Waals surface area (Å²) in [5.74, 6) is 0.647. The minimum Gasteiger partial charge on any atom is -0.339 e. The number of nitrogens with zero attached hydrogens (tertiary/aromatic N) is 3. The molecular weight excluding hydrogens is 316 g/mol. The molecule has 4 fully saturated rings. The summed E-state index contributed by atoms with van der Waals surface area (Å²) in [4.78, 5) is 32.4. The lowest BCUT2D eigenvalue weighted by Crippen LogP contribution is -2.51. The van der Waals surface area contributed by atoms with E-state index in [9.17, 15) is 9.59 Å². The van der Waals surface area contributed by atoms with Gasteiger partial charge in [0, 0.05) is 57.8 Å². The molecule has 140 valence electrons. The molecule has 4 rings (SSSR count). The zero-order valence-electron chi connectivity index (χ0n) is 15.3. The Balaban J connectivity index is 1.35. The number of rotatable bonds is 3. The number of carbonyl (C=O) groups excluding carboxylic acids is 2. The number of nitrogens with one attached hydrogen (secondary N) is 1. The maximum absolute atomic E-state index is 13.1. The summed E-state index contributed by atoms with van der Waals surface area (Å²) in [5.41, 5.74) is 0. The summed E-state index contributed by atoms with van der Waals surface area (Å²) in [6.45, 7) is 6.76. The van der Waals surface area contributed by atoms with Gasteiger partial charge in [-0.25, -0.2) is 0 Å². The first-order valence-electron chi connectivity index (χ1n) is 10.3. The van der Waals surface area contributed by atoms with Gasteiger partial charge in [-0.1, -0.05) is 12.8 Å². The zero-order valence-corrected chi connectivity index (χ0v) is 15.3. The molecule has 6 nitrogen and oxygen atoms in total. The van der Waals surface area contributed by atoms with E-state index in [0.717, 1.165) is 77.9 Å². The van der Waals surface area contributed by atoms with E-state index in [0.29, 0.717) is 6.04 Å². The Morgan fingerprint density at radius 1 is 0.800 bits per heavy atom. The van der Waals surface area contributed by atoms with Crippen molar-refractivity contribution in [3.8, 4) is 0 Å². The molecule has 25 heavy (non-hydrogen) atoms. The number of amides is 2. The van der Waals surface area contributed by atoms with Gasteiger partial charge < -0.3 is 15.1 Å². The highest BCUT2D eigenvalue weighted by molar-refractivity contribution is 5.89. The number of carbonyl (C=O) groups is 2. The molecule has 0 aromatic rings. The molecular formula is C19H32N4O2. The van der Waals surface area contributed by atoms with Crippen molar-refractivity contribution in [3.05, 3.63) is 0 Å². The monoisotopic (exact) mass is 348 g/mol. The van der Waals surface area contributed by atoms with Crippen molar-refractivity contribution in [2.75, 3.05) is 45.8 Å². The van der Waals surface area contributed by atoms with Crippen molar-refractivity contribution in [1.82, 2.24) is 20.0 Å². The molecule has 3 saturated heterocycles. The Bertz CT molecular complexity index is 500. The number of hydrogen-bond acceptors (Lipinski definition) is 4. The first kappa shape index (κ1) is 17.3. The van der Waals surface area contributed by atoms with Crippen LogP contribution in [0.25, 0.3) is 0 Å². The van der Waals surface area contributed by atoms with Crippen molar-refractivity contribution < 1.29 is 9.59 Å². The average Bonchev–Trinajstić information content (AvgIpc) is 3.42. The molecule has 2 unspecified atom stereocenters. The van der Waals surface area contributed by atoms with Crippen LogP contribution in [0.1, 0.15) is 44.9 Å². The molecule has 1 N–H and O–H groups in total. The fraction of sp³-hybridized carbons (Fsp3) is 0.895. The van der Waals surface area contributed by atoms with E-state index in [1.54, 1.807) is 0 Å². The van der Waals surface area contributed by atoms with Gasteiger partial charge in [0.05, 0.1) is 0 Å². The van der Waals surface area contributed by atoms with Crippen molar-refractivity contribution >= 4 is 11.8 Å². The largest absolute Gasteiger partial charge is 0.339 e. The predicted octanol–water partition coefficient (Wildman–Crippen LogP) is 0.674. The van der Waals surface area contributed by atoms with E-state index < -0.39 is 0 Å². The Kier molecular flexibility index (Phi) is 5.27. The molecule has 6 heteroatoms. The van der Waals surface area contributed by atoms with Gasteiger partial charge in [0.25, 0.3) is 0 Å². The van der Waals surface area contributed by atoms with Gasteiger partial charge in [0.1, 0.15) is 6.04 Å². The third-order valence-corrected chi connectivity index (χ3v) is 6.67. The summed E-state index contributed by atoms with van der Waals surface area (Å²) in [6.07, 6.45) is 7.28. The van der Waals surface area contributed by atoms with Crippen LogP contribution in [-0.2, 0) is 9.59 Å². The van der Waals surface area contributed by atoms with Crippen LogP contribution in [-0.4, -0.2) is 84.4 Å². The molecule has 3 aliphatic heterocycles. The lowest BCUT2D eigenvalue weighted by Gasteiger charge is -2.33. The van der Waals surface area contributed by atoms with Crippen LogP contribution in [0.5, 0.6) is 0 Å². The molecule has 4 aliphatic rings. The van der Waals surface area contributed by atoms with E-state index in [-0.39, 0.29) is 23.8 Å². The Hall–Kier alpha value is -1.14. The third kappa shape index (κ3) is 3.56. The highest BCUT2D eigenvalue weighted by atomic mass is 16.2. The van der Waals surface area contributed by atoms with Gasteiger partial charge in [0.15, 0.2) is 0 Å². The molecule has 1 aliphatic carbocycles. The lowest BCUT2D eigenvalue weighted by atomic mass is 10.1. The highest BCUT2D eigenvalue weighted by Gasteiger charge is 2.41. The van der Waals surface area contributed by atoms with Gasteiger partial charge in [0.2, 0.25) is 11.8 Å². The van der Waals surface area contributed by atoms with Crippen molar-refractivity contribution in [1.29, 1.82) is 0 Å². The summed E-state index contributed by atoms with van der Waals surface area (Å²) >= 11 is 0. The first-order chi connectivity index (χ1) is 12.2. The summed E-state index contributed by atoms with van der Waals surface area (Å²) in [5, 5.41) is 3.40. The Morgan fingerprint density at radius 3 is 2.32 bits per heavy atom. The Labute approximate surface area is 150 Å². The standard InChI is InChI=1S/C19H32N4O2/c24-18(15-4-1-2-5-15)23-10-3-6-17(23)19(25)22-11-7-16(14-22)21-12-8-20-9-13-21/h15-17,20H,1-14H2. The van der Waals surface area contributed by atoms with E-state index in [1.807, 2.05) is 9.80 Å². The quantitative estimate of drug-likeness (QED) is 0.815. The molecule has 1 saturated carbocycles. The van der Waals surface area contributed by atoms with E-state index in [1.165, 1.54) is 12.8 Å². The third-order valence-electron chi connectivity index (χ3n) is 6.67. The minimum atomic E-state index is -0.185. The molecule has 0 aromatic carbocycles. The van der Waals surface area contributed by atoms with E-state index in [4.69, 9.17) is 0 Å². The van der Waals surface area contributed by atoms with Crippen LogP contribution < -0.4 is 5.32 Å². The molecule has 0 bridgehead atoms. The summed E-state index contributed by atoms with van der Waals surface area (Å²) < 4.78 is 0. The number of hydrogen-bond donors (Lipinski definition) is 1. The van der Waals surface area contributed by atoms with Gasteiger partial charge in [-0.3, -0.25) is 14.5 Å². The van der Waals surface area contributed by atoms with Crippen molar-refractivity contribution in [3.63, 3.8) is 0 Å². The van der Waals surface area contributed by atoms with E-state index >= 15 is 0 Å². The van der Waals surface area contributed by atoms with Crippen molar-refractivity contribution in [2.45, 2.75) is 57.0 Å². The topological polar surface area (TPSA) is 55.9 Å². The zero-order chi connectivity index (χ0) is 17.2. The average molecular weight is 348 g/mol. The molecule has 0 spiro atoms. The molecule has 3 heterocycles. The van der Waals surface area contributed by atoms with Crippen LogP contribution in [0.15, 0.2) is 0 Å². The molecule has 2 amide bonds. The normalized spacial score (nSPS) is 31.8. The van der Waals surface area contributed by atoms with Crippen LogP contribution in [0, 0.1) is 5.92 Å². The van der Waals surface area contributed by atoms with Gasteiger partial charge in [-0.05, 0) is 32.1 Å². The van der Waals surface area contributed by atoms with Crippen LogP contribution >= 0.6 is 0 Å². The maximum atomic E-state index is 13.1. The maximum Gasteiger partial charge on any atom is 0.245 e. The predicted molar refractivity (Wildman–Crippen MR) is 96.1 cm³/mol. The summed E-state index contributed by atoms with van der Waals surface area (Å²) in [6, 6.07) is 0.321. The van der Waals surface area contributed by atoms with Crippen LogP contribution in [0.4, 0.5) is 0 Å². The minimum absolute atomic E-state index is 0.181. The van der Waals surface area contributed by atoms with Crippen LogP contribution in [0.3, 0.4) is 0 Å². The molecule has 0 radical (unpaired) electrons. The second-order valence-corrected chi connectivity index (χ2v) is 8.18. The fourth-order valence-corrected chi connectivity index (χ4v) is 5.19. The Morgan fingerprint density at radius 2 is 1.56 bits per heavy atom.